The van der Waals surface area contributed by atoms with E-state index in [0.717, 1.165) is 4.47 Å². The van der Waals surface area contributed by atoms with Gasteiger partial charge in [-0.05, 0) is 45.9 Å². The van der Waals surface area contributed by atoms with E-state index in [2.05, 4.69) is 70.5 Å². The lowest BCUT2D eigenvalue weighted by molar-refractivity contribution is 0.688. The maximum Gasteiger partial charge on any atom is 0.0765 e. The molecule has 0 amide bonds. The van der Waals surface area contributed by atoms with Gasteiger partial charge in [0.2, 0.25) is 0 Å². The molecule has 96 valence electrons. The van der Waals surface area contributed by atoms with Crippen LogP contribution in [0.2, 0.25) is 0 Å². The van der Waals surface area contributed by atoms with E-state index in [4.69, 9.17) is 5.73 Å². The second-order valence-electron chi connectivity index (χ2n) is 4.28. The molecule has 1 unspecified atom stereocenters. The fourth-order valence-corrected chi connectivity index (χ4v) is 3.91. The Morgan fingerprint density at radius 2 is 2.06 bits per heavy atom. The van der Waals surface area contributed by atoms with Crippen molar-refractivity contribution in [2.45, 2.75) is 13.0 Å². The first-order valence-corrected chi connectivity index (χ1v) is 7.54. The average molecular weight is 325 g/mol. The number of benzene rings is 1. The van der Waals surface area contributed by atoms with Crippen molar-refractivity contribution in [3.8, 4) is 0 Å². The summed E-state index contributed by atoms with van der Waals surface area (Å²) in [5, 5.41) is 2.09. The van der Waals surface area contributed by atoms with E-state index in [0.29, 0.717) is 6.54 Å². The predicted octanol–water partition coefficient (Wildman–Crippen LogP) is 3.96. The van der Waals surface area contributed by atoms with Gasteiger partial charge < -0.3 is 10.6 Å². The van der Waals surface area contributed by atoms with E-state index in [9.17, 15) is 0 Å². The summed E-state index contributed by atoms with van der Waals surface area (Å²) in [5.41, 5.74) is 8.46. The highest BCUT2D eigenvalue weighted by molar-refractivity contribution is 9.10. The number of thiophene rings is 1. The van der Waals surface area contributed by atoms with Gasteiger partial charge in [0.25, 0.3) is 0 Å². The molecule has 0 spiro atoms. The minimum Gasteiger partial charge on any atom is -0.365 e. The number of para-hydroxylation sites is 1. The third kappa shape index (κ3) is 2.60. The molecule has 2 aromatic rings. The van der Waals surface area contributed by atoms with Crippen molar-refractivity contribution in [3.05, 3.63) is 50.6 Å². The summed E-state index contributed by atoms with van der Waals surface area (Å²) >= 11 is 5.34. The minimum absolute atomic E-state index is 0.209. The van der Waals surface area contributed by atoms with E-state index >= 15 is 0 Å². The summed E-state index contributed by atoms with van der Waals surface area (Å²) in [7, 11) is 2.10. The molecule has 0 saturated heterocycles. The van der Waals surface area contributed by atoms with Crippen LogP contribution in [-0.2, 0) is 0 Å². The zero-order valence-corrected chi connectivity index (χ0v) is 13.0. The van der Waals surface area contributed by atoms with Gasteiger partial charge in [-0.3, -0.25) is 0 Å². The molecule has 1 aromatic heterocycles. The zero-order valence-electron chi connectivity index (χ0n) is 10.6. The lowest BCUT2D eigenvalue weighted by Gasteiger charge is -2.30. The van der Waals surface area contributed by atoms with Crippen LogP contribution in [0.1, 0.15) is 16.5 Å². The Morgan fingerprint density at radius 1 is 1.33 bits per heavy atom. The molecule has 1 atom stereocenters. The molecule has 2 rings (SSSR count). The Hall–Kier alpha value is -0.840. The van der Waals surface area contributed by atoms with Gasteiger partial charge in [0.1, 0.15) is 0 Å². The van der Waals surface area contributed by atoms with E-state index in [-0.39, 0.29) is 6.04 Å². The average Bonchev–Trinajstić information content (AvgIpc) is 2.77. The first-order valence-electron chi connectivity index (χ1n) is 5.86. The lowest BCUT2D eigenvalue weighted by atomic mass is 10.1. The molecule has 18 heavy (non-hydrogen) atoms. The summed E-state index contributed by atoms with van der Waals surface area (Å²) in [6.45, 7) is 2.73. The molecule has 0 aliphatic rings. The molecule has 2 nitrogen and oxygen atoms in total. The predicted molar refractivity (Wildman–Crippen MR) is 83.4 cm³/mol. The van der Waals surface area contributed by atoms with E-state index in [1.165, 1.54) is 16.1 Å². The van der Waals surface area contributed by atoms with E-state index in [1.807, 2.05) is 0 Å². The molecule has 1 aromatic carbocycles. The highest BCUT2D eigenvalue weighted by Gasteiger charge is 2.20. The number of hydrogen-bond donors (Lipinski definition) is 1. The fourth-order valence-electron chi connectivity index (χ4n) is 2.11. The van der Waals surface area contributed by atoms with E-state index in [1.54, 1.807) is 11.3 Å². The van der Waals surface area contributed by atoms with Gasteiger partial charge >= 0.3 is 0 Å². The first-order chi connectivity index (χ1) is 8.65. The van der Waals surface area contributed by atoms with Gasteiger partial charge in [0, 0.05) is 28.6 Å². The topological polar surface area (TPSA) is 29.3 Å². The van der Waals surface area contributed by atoms with Crippen molar-refractivity contribution in [1.82, 2.24) is 0 Å². The quantitative estimate of drug-likeness (QED) is 0.922. The minimum atomic E-state index is 0.209. The van der Waals surface area contributed by atoms with Gasteiger partial charge in [-0.1, -0.05) is 18.2 Å². The number of hydrogen-bond acceptors (Lipinski definition) is 3. The van der Waals surface area contributed by atoms with Gasteiger partial charge in [0.05, 0.1) is 6.04 Å². The Bertz CT molecular complexity index is 524. The molecule has 4 heteroatoms. The maximum atomic E-state index is 5.97. The van der Waals surface area contributed by atoms with Crippen LogP contribution < -0.4 is 10.6 Å². The highest BCUT2D eigenvalue weighted by Crippen LogP contribution is 2.34. The second kappa shape index (κ2) is 5.87. The molecule has 0 fully saturated rings. The largest absolute Gasteiger partial charge is 0.365 e. The van der Waals surface area contributed by atoms with Crippen LogP contribution >= 0.6 is 27.3 Å². The standard InChI is InChI=1S/C14H17BrN2S/c1-10-5-3-4-6-12(10)17(2)13(9-16)14-11(15)7-8-18-14/h3-8,13H,9,16H2,1-2H3. The van der Waals surface area contributed by atoms with Crippen molar-refractivity contribution in [2.24, 2.45) is 5.73 Å². The number of halogens is 1. The molecule has 1 heterocycles. The lowest BCUT2D eigenvalue weighted by Crippen LogP contribution is -2.30. The van der Waals surface area contributed by atoms with E-state index < -0.39 is 0 Å². The number of likely N-dealkylation sites (N-methyl/N-ethyl adjacent to an activating group) is 1. The van der Waals surface area contributed by atoms with Crippen LogP contribution in [0.25, 0.3) is 0 Å². The molecule has 0 saturated carbocycles. The van der Waals surface area contributed by atoms with Crippen LogP contribution in [-0.4, -0.2) is 13.6 Å². The number of nitrogens with zero attached hydrogens (tertiary/aromatic N) is 1. The zero-order chi connectivity index (χ0) is 13.1. The molecule has 0 radical (unpaired) electrons. The van der Waals surface area contributed by atoms with Crippen LogP contribution in [0.4, 0.5) is 5.69 Å². The fraction of sp³-hybridized carbons (Fsp3) is 0.286. The van der Waals surface area contributed by atoms with Crippen molar-refractivity contribution in [2.75, 3.05) is 18.5 Å². The third-order valence-electron chi connectivity index (χ3n) is 3.13. The molecule has 0 aliphatic carbocycles. The number of anilines is 1. The summed E-state index contributed by atoms with van der Waals surface area (Å²) < 4.78 is 1.14. The Labute approximate surface area is 121 Å². The van der Waals surface area contributed by atoms with Crippen LogP contribution in [0.5, 0.6) is 0 Å². The SMILES string of the molecule is Cc1ccccc1N(C)C(CN)c1sccc1Br. The summed E-state index contributed by atoms with van der Waals surface area (Å²) in [5.74, 6) is 0. The number of nitrogens with two attached hydrogens (primary N) is 1. The summed E-state index contributed by atoms with van der Waals surface area (Å²) in [4.78, 5) is 3.54. The van der Waals surface area contributed by atoms with Crippen LogP contribution in [0, 0.1) is 6.92 Å². The number of aryl methyl sites for hydroxylation is 1. The maximum absolute atomic E-state index is 5.97. The van der Waals surface area contributed by atoms with Crippen LogP contribution in [0.3, 0.4) is 0 Å². The van der Waals surface area contributed by atoms with Crippen molar-refractivity contribution in [1.29, 1.82) is 0 Å². The van der Waals surface area contributed by atoms with Crippen LogP contribution in [0.15, 0.2) is 40.2 Å². The number of rotatable bonds is 4. The molecule has 0 bridgehead atoms. The Kier molecular flexibility index (Phi) is 4.43. The van der Waals surface area contributed by atoms with Gasteiger partial charge in [-0.25, -0.2) is 0 Å². The Morgan fingerprint density at radius 3 is 2.61 bits per heavy atom. The smallest absolute Gasteiger partial charge is 0.0765 e. The molecular formula is C14H17BrN2S. The molecular weight excluding hydrogens is 308 g/mol. The third-order valence-corrected chi connectivity index (χ3v) is 5.11. The monoisotopic (exact) mass is 324 g/mol. The van der Waals surface area contributed by atoms with Gasteiger partial charge in [0.15, 0.2) is 0 Å². The van der Waals surface area contributed by atoms with Gasteiger partial charge in [-0.15, -0.1) is 11.3 Å². The molecule has 0 aliphatic heterocycles. The van der Waals surface area contributed by atoms with Crippen molar-refractivity contribution < 1.29 is 0 Å². The second-order valence-corrected chi connectivity index (χ2v) is 6.08. The Balaban J connectivity index is 2.35. The van der Waals surface area contributed by atoms with Crippen molar-refractivity contribution >= 4 is 33.0 Å². The molecule has 2 N–H and O–H groups in total. The normalized spacial score (nSPS) is 12.4. The van der Waals surface area contributed by atoms with Gasteiger partial charge in [-0.2, -0.15) is 0 Å². The summed E-state index contributed by atoms with van der Waals surface area (Å²) in [6, 6.07) is 10.7. The highest BCUT2D eigenvalue weighted by atomic mass is 79.9. The first kappa shape index (κ1) is 13.6. The van der Waals surface area contributed by atoms with Crippen molar-refractivity contribution in [3.63, 3.8) is 0 Å². The summed E-state index contributed by atoms with van der Waals surface area (Å²) in [6.07, 6.45) is 0.